The summed E-state index contributed by atoms with van der Waals surface area (Å²) in [7, 11) is 5.22. The fraction of sp³-hybridized carbons (Fsp3) is 0.378. The average molecular weight is 611 g/mol. The monoisotopic (exact) mass is 610 g/mol. The minimum atomic E-state index is -0.664. The second-order valence-corrected chi connectivity index (χ2v) is 11.6. The smallest absolute Gasteiger partial charge is 0.341 e. The third kappa shape index (κ3) is 7.21. The van der Waals surface area contributed by atoms with Crippen LogP contribution in [0.15, 0.2) is 75.9 Å². The van der Waals surface area contributed by atoms with E-state index in [1.807, 2.05) is 55.6 Å². The van der Waals surface area contributed by atoms with E-state index in [1.54, 1.807) is 39.3 Å². The zero-order valence-electron chi connectivity index (χ0n) is 27.0. The van der Waals surface area contributed by atoms with Gasteiger partial charge in [0.25, 0.3) is 0 Å². The van der Waals surface area contributed by atoms with Crippen LogP contribution in [0.5, 0.6) is 11.5 Å². The van der Waals surface area contributed by atoms with Crippen molar-refractivity contribution in [3.63, 3.8) is 0 Å². The number of hydrogen-bond donors (Lipinski definition) is 0. The van der Waals surface area contributed by atoms with Gasteiger partial charge in [-0.2, -0.15) is 5.26 Å². The molecule has 1 atom stereocenters. The summed E-state index contributed by atoms with van der Waals surface area (Å²) >= 11 is 0. The first kappa shape index (κ1) is 33.3. The van der Waals surface area contributed by atoms with Gasteiger partial charge in [0, 0.05) is 17.7 Å². The Hall–Kier alpha value is -4.61. The summed E-state index contributed by atoms with van der Waals surface area (Å²) < 4.78 is 22.7. The van der Waals surface area contributed by atoms with Crippen LogP contribution in [0, 0.1) is 24.2 Å². The fourth-order valence-corrected chi connectivity index (χ4v) is 5.78. The van der Waals surface area contributed by atoms with Crippen molar-refractivity contribution in [2.24, 2.45) is 5.92 Å². The van der Waals surface area contributed by atoms with Crippen molar-refractivity contribution in [3.05, 3.63) is 93.6 Å². The minimum Gasteiger partial charge on any atom is -0.493 e. The van der Waals surface area contributed by atoms with E-state index < -0.39 is 11.4 Å². The highest BCUT2D eigenvalue weighted by atomic mass is 16.5. The largest absolute Gasteiger partial charge is 0.493 e. The molecular weight excluding hydrogens is 568 g/mol. The van der Waals surface area contributed by atoms with Crippen LogP contribution in [-0.4, -0.2) is 51.8 Å². The number of carbonyl (C=O) groups is 1. The lowest BCUT2D eigenvalue weighted by Crippen LogP contribution is -2.32. The molecule has 1 aromatic heterocycles. The lowest BCUT2D eigenvalue weighted by atomic mass is 9.69. The van der Waals surface area contributed by atoms with Gasteiger partial charge in [0.15, 0.2) is 22.5 Å². The summed E-state index contributed by atoms with van der Waals surface area (Å²) in [6, 6.07) is 22.7. The van der Waals surface area contributed by atoms with E-state index in [0.717, 1.165) is 24.1 Å². The molecule has 0 aliphatic heterocycles. The molecule has 3 aromatic carbocycles. The molecule has 0 N–H and O–H groups in total. The molecule has 0 bridgehead atoms. The van der Waals surface area contributed by atoms with Crippen LogP contribution in [0.1, 0.15) is 54.6 Å². The Balaban J connectivity index is 1.35. The molecular formula is C37H42N2O6. The van der Waals surface area contributed by atoms with Crippen molar-refractivity contribution < 1.29 is 23.4 Å². The van der Waals surface area contributed by atoms with Crippen LogP contribution in [0.3, 0.4) is 0 Å². The van der Waals surface area contributed by atoms with Crippen molar-refractivity contribution in [1.29, 1.82) is 5.26 Å². The van der Waals surface area contributed by atoms with E-state index in [0.29, 0.717) is 47.6 Å². The van der Waals surface area contributed by atoms with E-state index in [2.05, 4.69) is 24.8 Å². The number of carbonyl (C=O) groups excluding carboxylic acids is 1. The molecule has 0 saturated carbocycles. The number of ether oxygens (including phenoxy) is 3. The van der Waals surface area contributed by atoms with Crippen molar-refractivity contribution in [1.82, 2.24) is 4.90 Å². The molecule has 0 aliphatic rings. The summed E-state index contributed by atoms with van der Waals surface area (Å²) in [6.07, 6.45) is 2.13. The highest BCUT2D eigenvalue weighted by Gasteiger charge is 2.36. The molecule has 0 amide bonds. The van der Waals surface area contributed by atoms with E-state index >= 15 is 0 Å². The zero-order valence-corrected chi connectivity index (χ0v) is 27.0. The van der Waals surface area contributed by atoms with Gasteiger partial charge < -0.3 is 23.5 Å². The molecule has 1 heterocycles. The number of hydrogen-bond acceptors (Lipinski definition) is 8. The molecule has 0 spiro atoms. The van der Waals surface area contributed by atoms with Crippen molar-refractivity contribution >= 4 is 16.9 Å². The van der Waals surface area contributed by atoms with E-state index in [4.69, 9.17) is 18.6 Å². The van der Waals surface area contributed by atoms with Gasteiger partial charge in [-0.25, -0.2) is 4.79 Å². The number of benzene rings is 3. The Morgan fingerprint density at radius 3 is 2.36 bits per heavy atom. The number of nitrogens with zero attached hydrogens (tertiary/aromatic N) is 2. The Morgan fingerprint density at radius 1 is 0.978 bits per heavy atom. The molecule has 8 heteroatoms. The van der Waals surface area contributed by atoms with Crippen molar-refractivity contribution in [2.75, 3.05) is 41.0 Å². The second-order valence-electron chi connectivity index (χ2n) is 11.6. The van der Waals surface area contributed by atoms with Crippen LogP contribution in [0.25, 0.3) is 22.3 Å². The van der Waals surface area contributed by atoms with Gasteiger partial charge in [-0.15, -0.1) is 0 Å². The quantitative estimate of drug-likeness (QED) is 0.109. The second kappa shape index (κ2) is 14.9. The third-order valence-corrected chi connectivity index (χ3v) is 8.51. The van der Waals surface area contributed by atoms with Gasteiger partial charge in [-0.1, -0.05) is 56.3 Å². The third-order valence-electron chi connectivity index (χ3n) is 8.51. The first-order valence-corrected chi connectivity index (χ1v) is 15.3. The lowest BCUT2D eigenvalue weighted by molar-refractivity contribution is 0.0491. The average Bonchev–Trinajstić information content (AvgIpc) is 3.06. The maximum absolute atomic E-state index is 13.1. The summed E-state index contributed by atoms with van der Waals surface area (Å²) in [5.74, 6) is 1.25. The number of rotatable bonds is 14. The Bertz CT molecular complexity index is 1720. The highest BCUT2D eigenvalue weighted by Crippen LogP contribution is 2.40. The van der Waals surface area contributed by atoms with Crippen LogP contribution in [0.2, 0.25) is 0 Å². The van der Waals surface area contributed by atoms with Gasteiger partial charge >= 0.3 is 5.97 Å². The minimum absolute atomic E-state index is 0.0940. The molecule has 45 heavy (non-hydrogen) atoms. The van der Waals surface area contributed by atoms with E-state index in [9.17, 15) is 14.9 Å². The van der Waals surface area contributed by atoms with E-state index in [1.165, 1.54) is 0 Å². The lowest BCUT2D eigenvalue weighted by Gasteiger charge is -2.32. The summed E-state index contributed by atoms with van der Waals surface area (Å²) in [5, 5.41) is 10.7. The van der Waals surface area contributed by atoms with Crippen LogP contribution in [-0.2, 0) is 10.2 Å². The fourth-order valence-electron chi connectivity index (χ4n) is 5.78. The van der Waals surface area contributed by atoms with Gasteiger partial charge in [0.2, 0.25) is 0 Å². The topological polar surface area (TPSA) is 102 Å². The number of fused-ring (bicyclic) bond motifs is 1. The number of para-hydroxylation sites is 1. The normalized spacial score (nSPS) is 12.6. The Kier molecular flexibility index (Phi) is 11.0. The van der Waals surface area contributed by atoms with Crippen molar-refractivity contribution in [3.8, 4) is 28.9 Å². The number of esters is 1. The van der Waals surface area contributed by atoms with E-state index in [-0.39, 0.29) is 29.1 Å². The van der Waals surface area contributed by atoms with Gasteiger partial charge in [-0.3, -0.25) is 4.79 Å². The van der Waals surface area contributed by atoms with Gasteiger partial charge in [0.05, 0.1) is 37.7 Å². The number of nitriles is 1. The molecule has 4 aromatic rings. The molecule has 8 nitrogen and oxygen atoms in total. The maximum Gasteiger partial charge on any atom is 0.341 e. The Labute approximate surface area is 265 Å². The summed E-state index contributed by atoms with van der Waals surface area (Å²) in [5.41, 5.74) is 1.80. The van der Waals surface area contributed by atoms with Gasteiger partial charge in [0.1, 0.15) is 11.3 Å². The SMILES string of the molecule is COc1ccc(C(C#N)(CCCN(C)CCCOC(=O)c2cccc3c(=O)c(C)c(-c4ccccc4)oc23)C(C)C)cc1OC. The summed E-state index contributed by atoms with van der Waals surface area (Å²) in [4.78, 5) is 28.4. The molecule has 0 fully saturated rings. The summed E-state index contributed by atoms with van der Waals surface area (Å²) in [6.45, 7) is 7.60. The highest BCUT2D eigenvalue weighted by molar-refractivity contribution is 6.02. The first-order chi connectivity index (χ1) is 21.7. The first-order valence-electron chi connectivity index (χ1n) is 15.3. The zero-order chi connectivity index (χ0) is 32.6. The molecule has 0 radical (unpaired) electrons. The Morgan fingerprint density at radius 2 is 1.69 bits per heavy atom. The molecule has 0 aliphatic carbocycles. The molecule has 1 unspecified atom stereocenters. The standard InChI is InChI=1S/C37H42N2O6/c1-25(2)37(24-38,28-17-18-31(42-5)32(23-28)43-6)19-11-20-39(4)21-12-22-44-36(41)30-16-10-15-29-33(40)26(3)34(45-35(29)30)27-13-8-7-9-14-27/h7-10,13-18,23,25H,11-12,19-22H2,1-6H3. The number of methoxy groups -OCH3 is 2. The van der Waals surface area contributed by atoms with Gasteiger partial charge in [-0.05, 0) is 75.5 Å². The molecule has 4 rings (SSSR count). The van der Waals surface area contributed by atoms with Crippen molar-refractivity contribution in [2.45, 2.75) is 45.4 Å². The predicted octanol–water partition coefficient (Wildman–Crippen LogP) is 7.16. The predicted molar refractivity (Wildman–Crippen MR) is 176 cm³/mol. The van der Waals surface area contributed by atoms with Crippen LogP contribution in [0.4, 0.5) is 0 Å². The maximum atomic E-state index is 13.1. The van der Waals surface area contributed by atoms with Crippen LogP contribution >= 0.6 is 0 Å². The van der Waals surface area contributed by atoms with Crippen LogP contribution < -0.4 is 14.9 Å². The molecule has 0 saturated heterocycles. The molecule has 236 valence electrons.